The Morgan fingerprint density at radius 3 is 2.44 bits per heavy atom. The number of pyridine rings is 1. The minimum atomic E-state index is -3.69. The van der Waals surface area contributed by atoms with E-state index in [0.717, 1.165) is 16.6 Å². The summed E-state index contributed by atoms with van der Waals surface area (Å²) in [4.78, 5) is 4.30. The van der Waals surface area contributed by atoms with Gasteiger partial charge in [0.25, 0.3) is 0 Å². The molecule has 2 aromatic carbocycles. The van der Waals surface area contributed by atoms with Crippen molar-refractivity contribution in [2.75, 3.05) is 18.4 Å². The zero-order valence-electron chi connectivity index (χ0n) is 14.0. The summed E-state index contributed by atoms with van der Waals surface area (Å²) in [7, 11) is -3.69. The summed E-state index contributed by atoms with van der Waals surface area (Å²) < 4.78 is 27.2. The Morgan fingerprint density at radius 1 is 0.926 bits per heavy atom. The third-order valence-electron chi connectivity index (χ3n) is 3.85. The number of nitrogens with one attached hydrogen (secondary N) is 2. The summed E-state index contributed by atoms with van der Waals surface area (Å²) in [5.74, 6) is 0. The predicted molar refractivity (Wildman–Crippen MR) is 112 cm³/mol. The van der Waals surface area contributed by atoms with Crippen LogP contribution in [0.5, 0.6) is 0 Å². The van der Waals surface area contributed by atoms with Crippen molar-refractivity contribution in [3.05, 3.63) is 63.7 Å². The number of fused-ring (bicyclic) bond motifs is 1. The van der Waals surface area contributed by atoms with Gasteiger partial charge < -0.3 is 5.32 Å². The predicted octanol–water partition coefficient (Wildman–Crippen LogP) is 4.98. The van der Waals surface area contributed by atoms with Crippen LogP contribution in [0, 0.1) is 0 Å². The molecule has 0 saturated heterocycles. The molecule has 5 nitrogen and oxygen atoms in total. The molecule has 0 atom stereocenters. The molecule has 0 amide bonds. The summed E-state index contributed by atoms with van der Waals surface area (Å²) in [6.45, 7) is 0.849. The maximum Gasteiger partial charge on any atom is 0.242 e. The van der Waals surface area contributed by atoms with E-state index >= 15 is 0 Å². The SMILES string of the molecule is O=S(=O)(NCCCNc1ccnc2cc(Cl)ccc12)c1ccc(Cl)cc1Cl. The van der Waals surface area contributed by atoms with Crippen LogP contribution in [0.4, 0.5) is 5.69 Å². The number of benzene rings is 2. The topological polar surface area (TPSA) is 71.1 Å². The Bertz CT molecular complexity index is 1070. The first-order chi connectivity index (χ1) is 12.9. The fourth-order valence-electron chi connectivity index (χ4n) is 2.56. The van der Waals surface area contributed by atoms with E-state index in [1.807, 2.05) is 12.1 Å². The molecule has 27 heavy (non-hydrogen) atoms. The lowest BCUT2D eigenvalue weighted by Gasteiger charge is -2.11. The van der Waals surface area contributed by atoms with Gasteiger partial charge in [-0.1, -0.05) is 34.8 Å². The molecule has 3 rings (SSSR count). The molecule has 1 aromatic heterocycles. The molecule has 0 saturated carbocycles. The highest BCUT2D eigenvalue weighted by molar-refractivity contribution is 7.89. The molecule has 3 aromatic rings. The standard InChI is InChI=1S/C18H16Cl3N3O2S/c19-12-3-5-18(15(21)10-12)27(25,26)24-8-1-7-22-16-6-9-23-17-11-13(20)2-4-14(16)17/h2-6,9-11,24H,1,7-8H2,(H,22,23). The van der Waals surface area contributed by atoms with E-state index in [4.69, 9.17) is 34.8 Å². The minimum absolute atomic E-state index is 0.0125. The molecular formula is C18H16Cl3N3O2S. The number of hydrogen-bond donors (Lipinski definition) is 2. The van der Waals surface area contributed by atoms with Crippen molar-refractivity contribution in [2.45, 2.75) is 11.3 Å². The van der Waals surface area contributed by atoms with Gasteiger partial charge in [-0.3, -0.25) is 4.98 Å². The van der Waals surface area contributed by atoms with Crippen molar-refractivity contribution in [2.24, 2.45) is 0 Å². The first-order valence-electron chi connectivity index (χ1n) is 8.10. The van der Waals surface area contributed by atoms with Gasteiger partial charge in [0.1, 0.15) is 4.90 Å². The smallest absolute Gasteiger partial charge is 0.242 e. The molecule has 0 aliphatic heterocycles. The lowest BCUT2D eigenvalue weighted by atomic mass is 10.2. The monoisotopic (exact) mass is 443 g/mol. The van der Waals surface area contributed by atoms with Crippen molar-refractivity contribution < 1.29 is 8.42 Å². The summed E-state index contributed by atoms with van der Waals surface area (Å²) in [6, 6.07) is 11.7. The fourth-order valence-corrected chi connectivity index (χ4v) is 4.58. The largest absolute Gasteiger partial charge is 0.384 e. The maximum atomic E-state index is 12.3. The third-order valence-corrected chi connectivity index (χ3v) is 6.26. The molecule has 142 valence electrons. The number of rotatable bonds is 7. The Labute approximate surface area is 172 Å². The van der Waals surface area contributed by atoms with Crippen molar-refractivity contribution in [1.82, 2.24) is 9.71 Å². The van der Waals surface area contributed by atoms with Gasteiger partial charge in [0.05, 0.1) is 10.5 Å². The van der Waals surface area contributed by atoms with E-state index in [0.29, 0.717) is 23.0 Å². The van der Waals surface area contributed by atoms with Gasteiger partial charge in [-0.15, -0.1) is 0 Å². The second-order valence-electron chi connectivity index (χ2n) is 5.77. The van der Waals surface area contributed by atoms with E-state index in [2.05, 4.69) is 15.0 Å². The molecule has 1 heterocycles. The van der Waals surface area contributed by atoms with Crippen LogP contribution < -0.4 is 10.0 Å². The summed E-state index contributed by atoms with van der Waals surface area (Å²) in [5.41, 5.74) is 1.71. The normalized spacial score (nSPS) is 11.7. The van der Waals surface area contributed by atoms with Crippen molar-refractivity contribution in [3.63, 3.8) is 0 Å². The number of halogens is 3. The molecular weight excluding hydrogens is 429 g/mol. The average molecular weight is 445 g/mol. The first kappa shape index (κ1) is 20.2. The van der Waals surface area contributed by atoms with E-state index < -0.39 is 10.0 Å². The van der Waals surface area contributed by atoms with Gasteiger partial charge in [0, 0.05) is 40.4 Å². The van der Waals surface area contributed by atoms with Crippen LogP contribution in [0.15, 0.2) is 53.6 Å². The highest BCUT2D eigenvalue weighted by Crippen LogP contribution is 2.25. The number of hydrogen-bond acceptors (Lipinski definition) is 4. The van der Waals surface area contributed by atoms with Crippen LogP contribution in [0.1, 0.15) is 6.42 Å². The zero-order chi connectivity index (χ0) is 19.4. The van der Waals surface area contributed by atoms with Gasteiger partial charge >= 0.3 is 0 Å². The Morgan fingerprint density at radius 2 is 1.67 bits per heavy atom. The Kier molecular flexibility index (Phi) is 6.44. The van der Waals surface area contributed by atoms with Gasteiger partial charge in [0.15, 0.2) is 0 Å². The molecule has 9 heteroatoms. The molecule has 0 aliphatic carbocycles. The fraction of sp³-hybridized carbons (Fsp3) is 0.167. The lowest BCUT2D eigenvalue weighted by molar-refractivity contribution is 0.580. The van der Waals surface area contributed by atoms with E-state index in [9.17, 15) is 8.42 Å². The number of anilines is 1. The van der Waals surface area contributed by atoms with Crippen LogP contribution in [0.25, 0.3) is 10.9 Å². The quantitative estimate of drug-likeness (QED) is 0.504. The summed E-state index contributed by atoms with van der Waals surface area (Å²) >= 11 is 17.8. The van der Waals surface area contributed by atoms with Crippen molar-refractivity contribution in [3.8, 4) is 0 Å². The second-order valence-corrected chi connectivity index (χ2v) is 8.79. The van der Waals surface area contributed by atoms with Crippen LogP contribution in [0.3, 0.4) is 0 Å². The second kappa shape index (κ2) is 8.63. The summed E-state index contributed by atoms with van der Waals surface area (Å²) in [6.07, 6.45) is 2.29. The molecule has 0 fully saturated rings. The van der Waals surface area contributed by atoms with E-state index in [-0.39, 0.29) is 16.5 Å². The third kappa shape index (κ3) is 5.03. The van der Waals surface area contributed by atoms with Crippen molar-refractivity contribution >= 4 is 61.4 Å². The van der Waals surface area contributed by atoms with Crippen LogP contribution in [0.2, 0.25) is 15.1 Å². The van der Waals surface area contributed by atoms with Crippen LogP contribution >= 0.6 is 34.8 Å². The maximum absolute atomic E-state index is 12.3. The minimum Gasteiger partial charge on any atom is -0.384 e. The Balaban J connectivity index is 1.56. The van der Waals surface area contributed by atoms with E-state index in [1.54, 1.807) is 18.3 Å². The van der Waals surface area contributed by atoms with Crippen molar-refractivity contribution in [1.29, 1.82) is 0 Å². The van der Waals surface area contributed by atoms with Crippen LogP contribution in [-0.4, -0.2) is 26.5 Å². The van der Waals surface area contributed by atoms with Gasteiger partial charge in [-0.05, 0) is 48.9 Å². The van der Waals surface area contributed by atoms with Gasteiger partial charge in [0.2, 0.25) is 10.0 Å². The molecule has 0 unspecified atom stereocenters. The van der Waals surface area contributed by atoms with E-state index in [1.165, 1.54) is 18.2 Å². The van der Waals surface area contributed by atoms with Gasteiger partial charge in [-0.2, -0.15) is 0 Å². The highest BCUT2D eigenvalue weighted by Gasteiger charge is 2.17. The highest BCUT2D eigenvalue weighted by atomic mass is 35.5. The van der Waals surface area contributed by atoms with Crippen LogP contribution in [-0.2, 0) is 10.0 Å². The Hall–Kier alpha value is -1.57. The number of nitrogens with zero attached hydrogens (tertiary/aromatic N) is 1. The molecule has 0 radical (unpaired) electrons. The first-order valence-corrected chi connectivity index (χ1v) is 10.7. The average Bonchev–Trinajstić information content (AvgIpc) is 2.60. The van der Waals surface area contributed by atoms with Gasteiger partial charge in [-0.25, -0.2) is 13.1 Å². The molecule has 0 bridgehead atoms. The molecule has 0 aliphatic rings. The summed E-state index contributed by atoms with van der Waals surface area (Å²) in [5, 5.41) is 5.35. The zero-order valence-corrected chi connectivity index (χ0v) is 17.1. The lowest BCUT2D eigenvalue weighted by Crippen LogP contribution is -2.26. The number of sulfonamides is 1. The molecule has 2 N–H and O–H groups in total. The molecule has 0 spiro atoms. The number of aromatic nitrogens is 1.